The third-order valence-corrected chi connectivity index (χ3v) is 7.51. The molecule has 8 heteroatoms. The fourth-order valence-corrected chi connectivity index (χ4v) is 4.83. The van der Waals surface area contributed by atoms with Gasteiger partial charge in [-0.3, -0.25) is 9.59 Å². The Balaban J connectivity index is 1.56. The molecule has 1 aromatic heterocycles. The second kappa shape index (κ2) is 13.2. The van der Waals surface area contributed by atoms with Crippen LogP contribution in [0.25, 0.3) is 10.9 Å². The Hall–Kier alpha value is -2.99. The maximum absolute atomic E-state index is 13.7. The molecule has 4 aromatic rings. The summed E-state index contributed by atoms with van der Waals surface area (Å²) in [6.45, 7) is 3.38. The standard InChI is InChI=1S/C30H30Cl3N3O2/c1-2-3-15-36(30(38)22-9-11-24(31)12-10-22)20-29(37)35(19-21-8-13-26(32)27(33)17-21)16-14-23-18-34-28-7-5-4-6-25(23)28/h4-13,17-18,34H,2-3,14-16,19-20H2,1H3. The number of carbonyl (C=O) groups excluding carboxylic acids is 2. The Morgan fingerprint density at radius 2 is 1.63 bits per heavy atom. The summed E-state index contributed by atoms with van der Waals surface area (Å²) in [7, 11) is 0. The number of nitrogens with zero attached hydrogens (tertiary/aromatic N) is 2. The van der Waals surface area contributed by atoms with Crippen molar-refractivity contribution in [1.29, 1.82) is 0 Å². The van der Waals surface area contributed by atoms with Gasteiger partial charge in [-0.25, -0.2) is 0 Å². The van der Waals surface area contributed by atoms with Crippen LogP contribution < -0.4 is 0 Å². The second-order valence-corrected chi connectivity index (χ2v) is 10.5. The van der Waals surface area contributed by atoms with Crippen LogP contribution in [0.5, 0.6) is 0 Å². The number of aromatic amines is 1. The number of H-pyrrole nitrogens is 1. The van der Waals surface area contributed by atoms with Gasteiger partial charge in [0.1, 0.15) is 6.54 Å². The molecule has 5 nitrogen and oxygen atoms in total. The van der Waals surface area contributed by atoms with Crippen molar-refractivity contribution in [2.45, 2.75) is 32.7 Å². The molecule has 198 valence electrons. The molecule has 0 saturated heterocycles. The SMILES string of the molecule is CCCCN(CC(=O)N(CCc1c[nH]c2ccccc12)Cc1ccc(Cl)c(Cl)c1)C(=O)c1ccc(Cl)cc1. The molecule has 0 radical (unpaired) electrons. The summed E-state index contributed by atoms with van der Waals surface area (Å²) in [6.07, 6.45) is 4.36. The molecule has 2 amide bonds. The van der Waals surface area contributed by atoms with Gasteiger partial charge < -0.3 is 14.8 Å². The maximum Gasteiger partial charge on any atom is 0.254 e. The Morgan fingerprint density at radius 1 is 0.868 bits per heavy atom. The molecule has 1 heterocycles. The van der Waals surface area contributed by atoms with Crippen LogP contribution in [0.3, 0.4) is 0 Å². The minimum Gasteiger partial charge on any atom is -0.361 e. The van der Waals surface area contributed by atoms with Crippen molar-refractivity contribution in [2.24, 2.45) is 0 Å². The Morgan fingerprint density at radius 3 is 2.37 bits per heavy atom. The van der Waals surface area contributed by atoms with Crippen LogP contribution in [0, 0.1) is 0 Å². The predicted molar refractivity (Wildman–Crippen MR) is 156 cm³/mol. The predicted octanol–water partition coefficient (Wildman–Crippen LogP) is 7.64. The van der Waals surface area contributed by atoms with Gasteiger partial charge in [0, 0.05) is 47.3 Å². The molecule has 0 spiro atoms. The normalized spacial score (nSPS) is 11.1. The van der Waals surface area contributed by atoms with Crippen molar-refractivity contribution in [2.75, 3.05) is 19.6 Å². The smallest absolute Gasteiger partial charge is 0.254 e. The summed E-state index contributed by atoms with van der Waals surface area (Å²) in [5.74, 6) is -0.316. The third kappa shape index (κ3) is 7.10. The number of benzene rings is 3. The summed E-state index contributed by atoms with van der Waals surface area (Å²) < 4.78 is 0. The first-order chi connectivity index (χ1) is 18.4. The summed E-state index contributed by atoms with van der Waals surface area (Å²) in [5, 5.41) is 2.60. The van der Waals surface area contributed by atoms with Gasteiger partial charge in [0.05, 0.1) is 10.0 Å². The zero-order valence-electron chi connectivity index (χ0n) is 21.2. The zero-order chi connectivity index (χ0) is 27.1. The number of carbonyl (C=O) groups is 2. The van der Waals surface area contributed by atoms with Crippen molar-refractivity contribution < 1.29 is 9.59 Å². The van der Waals surface area contributed by atoms with Gasteiger partial charge in [0.25, 0.3) is 5.91 Å². The van der Waals surface area contributed by atoms with Crippen LogP contribution in [-0.2, 0) is 17.8 Å². The van der Waals surface area contributed by atoms with E-state index >= 15 is 0 Å². The number of hydrogen-bond acceptors (Lipinski definition) is 2. The quantitative estimate of drug-likeness (QED) is 0.201. The van der Waals surface area contributed by atoms with Crippen LogP contribution in [0.4, 0.5) is 0 Å². The van der Waals surface area contributed by atoms with E-state index in [-0.39, 0.29) is 18.4 Å². The van der Waals surface area contributed by atoms with Gasteiger partial charge in [-0.05, 0) is 66.4 Å². The fraction of sp³-hybridized carbons (Fsp3) is 0.267. The summed E-state index contributed by atoms with van der Waals surface area (Å²) in [6, 6.07) is 20.2. The first-order valence-electron chi connectivity index (χ1n) is 12.7. The molecule has 0 atom stereocenters. The monoisotopic (exact) mass is 569 g/mol. The largest absolute Gasteiger partial charge is 0.361 e. The molecule has 0 bridgehead atoms. The lowest BCUT2D eigenvalue weighted by Crippen LogP contribution is -2.43. The van der Waals surface area contributed by atoms with Gasteiger partial charge in [-0.2, -0.15) is 0 Å². The van der Waals surface area contributed by atoms with E-state index in [1.54, 1.807) is 46.2 Å². The molecule has 3 aromatic carbocycles. The first kappa shape index (κ1) is 28.0. The summed E-state index contributed by atoms with van der Waals surface area (Å²) >= 11 is 18.4. The molecule has 0 aliphatic carbocycles. The number of unbranched alkanes of at least 4 members (excludes halogenated alkanes) is 1. The molecular formula is C30H30Cl3N3O2. The van der Waals surface area contributed by atoms with Gasteiger partial charge in [-0.15, -0.1) is 0 Å². The van der Waals surface area contributed by atoms with Crippen LogP contribution in [0.1, 0.15) is 41.3 Å². The number of para-hydroxylation sites is 1. The Labute approximate surface area is 238 Å². The highest BCUT2D eigenvalue weighted by Crippen LogP contribution is 2.24. The van der Waals surface area contributed by atoms with Crippen LogP contribution in [0.15, 0.2) is 72.9 Å². The van der Waals surface area contributed by atoms with Gasteiger partial charge in [0.15, 0.2) is 0 Å². The van der Waals surface area contributed by atoms with Crippen molar-refractivity contribution in [3.8, 4) is 0 Å². The minimum absolute atomic E-state index is 0.0172. The van der Waals surface area contributed by atoms with E-state index in [0.29, 0.717) is 46.7 Å². The Bertz CT molecular complexity index is 1400. The number of hydrogen-bond donors (Lipinski definition) is 1. The minimum atomic E-state index is -0.186. The highest BCUT2D eigenvalue weighted by atomic mass is 35.5. The Kier molecular flexibility index (Phi) is 9.73. The number of rotatable bonds is 11. The first-order valence-corrected chi connectivity index (χ1v) is 13.8. The number of amides is 2. The third-order valence-electron chi connectivity index (χ3n) is 6.52. The topological polar surface area (TPSA) is 56.4 Å². The molecule has 0 unspecified atom stereocenters. The van der Waals surface area contributed by atoms with Crippen LogP contribution in [0.2, 0.25) is 15.1 Å². The number of aromatic nitrogens is 1. The summed E-state index contributed by atoms with van der Waals surface area (Å²) in [4.78, 5) is 33.8. The molecular weight excluding hydrogens is 541 g/mol. The lowest BCUT2D eigenvalue weighted by atomic mass is 10.1. The van der Waals surface area contributed by atoms with E-state index in [1.165, 1.54) is 0 Å². The lowest BCUT2D eigenvalue weighted by molar-refractivity contribution is -0.132. The van der Waals surface area contributed by atoms with Gasteiger partial charge in [-0.1, -0.05) is 72.4 Å². The lowest BCUT2D eigenvalue weighted by Gasteiger charge is -2.28. The summed E-state index contributed by atoms with van der Waals surface area (Å²) in [5.41, 5.74) is 3.57. The molecule has 1 N–H and O–H groups in total. The van der Waals surface area contributed by atoms with Crippen molar-refractivity contribution in [3.63, 3.8) is 0 Å². The zero-order valence-corrected chi connectivity index (χ0v) is 23.5. The van der Waals surface area contributed by atoms with Crippen molar-refractivity contribution in [1.82, 2.24) is 14.8 Å². The van der Waals surface area contributed by atoms with Gasteiger partial charge in [0.2, 0.25) is 5.91 Å². The second-order valence-electron chi connectivity index (χ2n) is 9.26. The number of fused-ring (bicyclic) bond motifs is 1. The average Bonchev–Trinajstić information content (AvgIpc) is 3.34. The maximum atomic E-state index is 13.7. The molecule has 0 aliphatic rings. The van der Waals surface area contributed by atoms with Crippen molar-refractivity contribution >= 4 is 57.5 Å². The highest BCUT2D eigenvalue weighted by Gasteiger charge is 2.23. The van der Waals surface area contributed by atoms with E-state index in [2.05, 4.69) is 18.0 Å². The van der Waals surface area contributed by atoms with Crippen LogP contribution >= 0.6 is 34.8 Å². The number of nitrogens with one attached hydrogen (secondary N) is 1. The average molecular weight is 571 g/mol. The number of halogens is 3. The van der Waals surface area contributed by atoms with E-state index in [9.17, 15) is 9.59 Å². The molecule has 0 saturated carbocycles. The van der Waals surface area contributed by atoms with E-state index in [4.69, 9.17) is 34.8 Å². The highest BCUT2D eigenvalue weighted by molar-refractivity contribution is 6.42. The molecule has 0 fully saturated rings. The molecule has 38 heavy (non-hydrogen) atoms. The van der Waals surface area contributed by atoms with Crippen molar-refractivity contribution in [3.05, 3.63) is 105 Å². The molecule has 0 aliphatic heterocycles. The van der Waals surface area contributed by atoms with Crippen LogP contribution in [-0.4, -0.2) is 46.2 Å². The van der Waals surface area contributed by atoms with E-state index in [0.717, 1.165) is 34.9 Å². The van der Waals surface area contributed by atoms with E-state index < -0.39 is 0 Å². The van der Waals surface area contributed by atoms with Gasteiger partial charge >= 0.3 is 0 Å². The molecule has 4 rings (SSSR count). The van der Waals surface area contributed by atoms with E-state index in [1.807, 2.05) is 30.5 Å². The fourth-order valence-electron chi connectivity index (χ4n) is 4.38.